The van der Waals surface area contributed by atoms with Gasteiger partial charge in [-0.05, 0) is 37.3 Å². The molecule has 2 atom stereocenters. The van der Waals surface area contributed by atoms with Gasteiger partial charge in [-0.1, -0.05) is 25.1 Å². The van der Waals surface area contributed by atoms with Gasteiger partial charge in [0.1, 0.15) is 5.82 Å². The van der Waals surface area contributed by atoms with Gasteiger partial charge in [0.15, 0.2) is 6.61 Å². The maximum Gasteiger partial charge on any atom is 0.309 e. The number of nitrogens with zero attached hydrogens (tertiary/aromatic N) is 2. The quantitative estimate of drug-likeness (QED) is 0.821. The first kappa shape index (κ1) is 15.9. The zero-order chi connectivity index (χ0) is 17.4. The first-order chi connectivity index (χ1) is 12.1. The number of rotatable bonds is 6. The highest BCUT2D eigenvalue weighted by atomic mass is 16.5. The maximum absolute atomic E-state index is 12.2. The minimum absolute atomic E-state index is 0.0379. The SMILES string of the molecule is CC1CC1C(=O)OCC(=O)Nc1cc(C2CC2)nn1-c1ccccc1. The highest BCUT2D eigenvalue weighted by molar-refractivity contribution is 5.92. The van der Waals surface area contributed by atoms with Crippen LogP contribution in [0.1, 0.15) is 37.8 Å². The number of esters is 1. The standard InChI is InChI=1S/C19H21N3O3/c1-12-9-15(12)19(24)25-11-18(23)20-17-10-16(13-7-8-13)21-22(17)14-5-3-2-4-6-14/h2-6,10,12-13,15H,7-9,11H2,1H3,(H,20,23). The smallest absolute Gasteiger partial charge is 0.309 e. The number of ether oxygens (including phenoxy) is 1. The van der Waals surface area contributed by atoms with E-state index in [2.05, 4.69) is 10.4 Å². The Morgan fingerprint density at radius 2 is 2.00 bits per heavy atom. The van der Waals surface area contributed by atoms with Gasteiger partial charge in [0.2, 0.25) is 0 Å². The number of para-hydroxylation sites is 1. The van der Waals surface area contributed by atoms with E-state index in [1.54, 1.807) is 4.68 Å². The number of aromatic nitrogens is 2. The summed E-state index contributed by atoms with van der Waals surface area (Å²) in [5.41, 5.74) is 1.87. The van der Waals surface area contributed by atoms with Crippen molar-refractivity contribution in [2.24, 2.45) is 11.8 Å². The van der Waals surface area contributed by atoms with Crippen LogP contribution in [0.5, 0.6) is 0 Å². The molecule has 1 aromatic carbocycles. The second-order valence-corrected chi connectivity index (χ2v) is 6.95. The van der Waals surface area contributed by atoms with Crippen LogP contribution in [0.25, 0.3) is 5.69 Å². The molecular formula is C19H21N3O3. The molecule has 2 aliphatic carbocycles. The number of anilines is 1. The molecule has 0 bridgehead atoms. The third-order valence-electron chi connectivity index (χ3n) is 4.75. The lowest BCUT2D eigenvalue weighted by Crippen LogP contribution is -2.23. The molecule has 2 fully saturated rings. The van der Waals surface area contributed by atoms with Crippen LogP contribution in [0.15, 0.2) is 36.4 Å². The molecule has 2 aromatic rings. The van der Waals surface area contributed by atoms with Crippen LogP contribution in [0.2, 0.25) is 0 Å². The fourth-order valence-corrected chi connectivity index (χ4v) is 2.91. The Kier molecular flexibility index (Phi) is 4.03. The molecule has 6 heteroatoms. The van der Waals surface area contributed by atoms with Crippen molar-refractivity contribution in [2.75, 3.05) is 11.9 Å². The average molecular weight is 339 g/mol. The molecule has 25 heavy (non-hydrogen) atoms. The first-order valence-corrected chi connectivity index (χ1v) is 8.73. The van der Waals surface area contributed by atoms with Gasteiger partial charge in [0.05, 0.1) is 17.3 Å². The van der Waals surface area contributed by atoms with Crippen molar-refractivity contribution in [1.82, 2.24) is 9.78 Å². The molecule has 0 spiro atoms. The summed E-state index contributed by atoms with van der Waals surface area (Å²) in [7, 11) is 0. The minimum Gasteiger partial charge on any atom is -0.455 e. The molecule has 1 amide bonds. The van der Waals surface area contributed by atoms with Crippen molar-refractivity contribution in [3.63, 3.8) is 0 Å². The topological polar surface area (TPSA) is 73.2 Å². The van der Waals surface area contributed by atoms with Crippen LogP contribution < -0.4 is 5.32 Å². The molecule has 0 radical (unpaired) electrons. The number of carbonyl (C=O) groups excluding carboxylic acids is 2. The Bertz CT molecular complexity index is 796. The lowest BCUT2D eigenvalue weighted by Gasteiger charge is -2.09. The maximum atomic E-state index is 12.2. The van der Waals surface area contributed by atoms with Gasteiger partial charge >= 0.3 is 5.97 Å². The second kappa shape index (κ2) is 6.35. The number of benzene rings is 1. The normalized spacial score (nSPS) is 21.6. The van der Waals surface area contributed by atoms with Crippen molar-refractivity contribution in [3.05, 3.63) is 42.1 Å². The summed E-state index contributed by atoms with van der Waals surface area (Å²) in [5, 5.41) is 7.46. The van der Waals surface area contributed by atoms with Crippen molar-refractivity contribution >= 4 is 17.7 Å². The fraction of sp³-hybridized carbons (Fsp3) is 0.421. The summed E-state index contributed by atoms with van der Waals surface area (Å²) in [4.78, 5) is 23.9. The zero-order valence-corrected chi connectivity index (χ0v) is 14.1. The summed E-state index contributed by atoms with van der Waals surface area (Å²) >= 11 is 0. The molecule has 2 unspecified atom stereocenters. The van der Waals surface area contributed by atoms with Crippen LogP contribution in [0.3, 0.4) is 0 Å². The van der Waals surface area contributed by atoms with E-state index in [1.165, 1.54) is 0 Å². The number of nitrogens with one attached hydrogen (secondary N) is 1. The molecular weight excluding hydrogens is 318 g/mol. The Labute approximate surface area is 146 Å². The van der Waals surface area contributed by atoms with Crippen molar-refractivity contribution in [1.29, 1.82) is 0 Å². The summed E-state index contributed by atoms with van der Waals surface area (Å²) < 4.78 is 6.83. The Morgan fingerprint density at radius 3 is 2.64 bits per heavy atom. The van der Waals surface area contributed by atoms with Crippen molar-refractivity contribution in [3.8, 4) is 5.69 Å². The Balaban J connectivity index is 1.45. The van der Waals surface area contributed by atoms with E-state index in [1.807, 2.05) is 43.3 Å². The van der Waals surface area contributed by atoms with Crippen LogP contribution in [0, 0.1) is 11.8 Å². The highest BCUT2D eigenvalue weighted by Crippen LogP contribution is 2.40. The first-order valence-electron chi connectivity index (χ1n) is 8.73. The lowest BCUT2D eigenvalue weighted by molar-refractivity contribution is -0.148. The Morgan fingerprint density at radius 1 is 1.28 bits per heavy atom. The molecule has 0 aliphatic heterocycles. The summed E-state index contributed by atoms with van der Waals surface area (Å²) in [6, 6.07) is 11.6. The Hall–Kier alpha value is -2.63. The van der Waals surface area contributed by atoms with Crippen molar-refractivity contribution < 1.29 is 14.3 Å². The highest BCUT2D eigenvalue weighted by Gasteiger charge is 2.40. The summed E-state index contributed by atoms with van der Waals surface area (Å²) in [6.07, 6.45) is 3.12. The van der Waals surface area contributed by atoms with Crippen LogP contribution >= 0.6 is 0 Å². The number of hydrogen-bond donors (Lipinski definition) is 1. The summed E-state index contributed by atoms with van der Waals surface area (Å²) in [5.74, 6) is 0.794. The number of carbonyl (C=O) groups is 2. The molecule has 130 valence electrons. The van der Waals surface area contributed by atoms with E-state index in [9.17, 15) is 9.59 Å². The molecule has 6 nitrogen and oxygen atoms in total. The monoisotopic (exact) mass is 339 g/mol. The van der Waals surface area contributed by atoms with E-state index in [-0.39, 0.29) is 24.4 Å². The van der Waals surface area contributed by atoms with Gasteiger partial charge in [-0.2, -0.15) is 5.10 Å². The van der Waals surface area contributed by atoms with Gasteiger partial charge in [-0.25, -0.2) is 4.68 Å². The van der Waals surface area contributed by atoms with E-state index in [0.717, 1.165) is 30.6 Å². The molecule has 1 heterocycles. The van der Waals surface area contributed by atoms with Gasteiger partial charge < -0.3 is 10.1 Å². The van der Waals surface area contributed by atoms with Crippen LogP contribution in [-0.2, 0) is 14.3 Å². The largest absolute Gasteiger partial charge is 0.455 e. The zero-order valence-electron chi connectivity index (χ0n) is 14.1. The summed E-state index contributed by atoms with van der Waals surface area (Å²) in [6.45, 7) is 1.74. The molecule has 4 rings (SSSR count). The molecule has 1 N–H and O–H groups in total. The van der Waals surface area contributed by atoms with E-state index >= 15 is 0 Å². The van der Waals surface area contributed by atoms with Crippen LogP contribution in [0.4, 0.5) is 5.82 Å². The van der Waals surface area contributed by atoms with E-state index < -0.39 is 0 Å². The molecule has 0 saturated heterocycles. The minimum atomic E-state index is -0.346. The molecule has 1 aromatic heterocycles. The third kappa shape index (κ3) is 3.57. The van der Waals surface area contributed by atoms with Gasteiger partial charge in [0, 0.05) is 12.0 Å². The lowest BCUT2D eigenvalue weighted by atomic mass is 10.3. The fourth-order valence-electron chi connectivity index (χ4n) is 2.91. The average Bonchev–Trinajstić information content (AvgIpc) is 3.54. The number of amides is 1. The molecule has 2 aliphatic rings. The van der Waals surface area contributed by atoms with Gasteiger partial charge in [-0.15, -0.1) is 0 Å². The van der Waals surface area contributed by atoms with Gasteiger partial charge in [-0.3, -0.25) is 9.59 Å². The molecule has 2 saturated carbocycles. The van der Waals surface area contributed by atoms with Crippen LogP contribution in [-0.4, -0.2) is 28.3 Å². The van der Waals surface area contributed by atoms with Crippen molar-refractivity contribution in [2.45, 2.75) is 32.1 Å². The predicted octanol–water partition coefficient (Wildman–Crippen LogP) is 2.89. The van der Waals surface area contributed by atoms with E-state index in [4.69, 9.17) is 4.74 Å². The van der Waals surface area contributed by atoms with E-state index in [0.29, 0.717) is 17.7 Å². The van der Waals surface area contributed by atoms with Gasteiger partial charge in [0.25, 0.3) is 5.91 Å². The second-order valence-electron chi connectivity index (χ2n) is 6.95. The number of hydrogen-bond acceptors (Lipinski definition) is 4. The third-order valence-corrected chi connectivity index (χ3v) is 4.75. The predicted molar refractivity (Wildman–Crippen MR) is 92.4 cm³/mol.